The Morgan fingerprint density at radius 1 is 1.30 bits per heavy atom. The molecule has 2 amide bonds. The van der Waals surface area contributed by atoms with Crippen LogP contribution in [0, 0.1) is 0 Å². The van der Waals surface area contributed by atoms with E-state index in [1.54, 1.807) is 51.4 Å². The number of nitrogens with one attached hydrogen (secondary N) is 1. The lowest BCUT2D eigenvalue weighted by Gasteiger charge is -2.24. The first kappa shape index (κ1) is 16.0. The second-order valence-electron chi connectivity index (χ2n) is 4.43. The Kier molecular flexibility index (Phi) is 5.99. The van der Waals surface area contributed by atoms with Gasteiger partial charge in [0.25, 0.3) is 0 Å². The lowest BCUT2D eigenvalue weighted by molar-refractivity contribution is -0.148. The molecule has 0 aliphatic carbocycles. The van der Waals surface area contributed by atoms with Crippen molar-refractivity contribution < 1.29 is 19.4 Å². The molecule has 0 aliphatic rings. The van der Waals surface area contributed by atoms with E-state index in [2.05, 4.69) is 5.32 Å². The van der Waals surface area contributed by atoms with Crippen LogP contribution in [0.15, 0.2) is 30.3 Å². The number of aliphatic hydroxyl groups excluding tert-OH is 1. The minimum Gasteiger partial charge on any atom is -0.464 e. The van der Waals surface area contributed by atoms with Crippen molar-refractivity contribution in [1.29, 1.82) is 0 Å². The minimum atomic E-state index is -1.17. The van der Waals surface area contributed by atoms with E-state index in [4.69, 9.17) is 4.74 Å². The Labute approximate surface area is 118 Å². The number of urea groups is 1. The molecule has 0 saturated carbocycles. The third-order valence-electron chi connectivity index (χ3n) is 2.68. The third-order valence-corrected chi connectivity index (χ3v) is 2.68. The molecule has 110 valence electrons. The first-order valence-corrected chi connectivity index (χ1v) is 6.34. The Morgan fingerprint density at radius 2 is 1.90 bits per heavy atom. The van der Waals surface area contributed by atoms with Gasteiger partial charge in [0.15, 0.2) is 6.04 Å². The van der Waals surface area contributed by atoms with Crippen LogP contribution in [0.25, 0.3) is 0 Å². The van der Waals surface area contributed by atoms with Gasteiger partial charge in [0, 0.05) is 14.1 Å². The maximum atomic E-state index is 11.9. The van der Waals surface area contributed by atoms with Crippen molar-refractivity contribution in [2.75, 3.05) is 20.7 Å². The normalized spacial score (nSPS) is 13.2. The van der Waals surface area contributed by atoms with E-state index >= 15 is 0 Å². The van der Waals surface area contributed by atoms with Gasteiger partial charge in [0.05, 0.1) is 6.61 Å². The molecular weight excluding hydrogens is 260 g/mol. The fourth-order valence-electron chi connectivity index (χ4n) is 1.60. The molecule has 2 atom stereocenters. The molecule has 0 heterocycles. The molecule has 0 spiro atoms. The van der Waals surface area contributed by atoms with Crippen LogP contribution in [-0.2, 0) is 9.53 Å². The molecule has 2 unspecified atom stereocenters. The van der Waals surface area contributed by atoms with E-state index in [9.17, 15) is 14.7 Å². The number of hydrogen-bond acceptors (Lipinski definition) is 4. The Hall–Kier alpha value is -2.08. The van der Waals surface area contributed by atoms with Crippen molar-refractivity contribution in [1.82, 2.24) is 10.2 Å². The highest BCUT2D eigenvalue weighted by Gasteiger charge is 2.31. The molecule has 0 saturated heterocycles. The van der Waals surface area contributed by atoms with Crippen LogP contribution in [0.5, 0.6) is 0 Å². The summed E-state index contributed by atoms with van der Waals surface area (Å²) in [6, 6.07) is 7.03. The van der Waals surface area contributed by atoms with Crippen molar-refractivity contribution in [3.63, 3.8) is 0 Å². The van der Waals surface area contributed by atoms with Crippen molar-refractivity contribution in [3.8, 4) is 0 Å². The highest BCUT2D eigenvalue weighted by Crippen LogP contribution is 2.17. The fourth-order valence-corrected chi connectivity index (χ4v) is 1.60. The largest absolute Gasteiger partial charge is 0.464 e. The first-order valence-electron chi connectivity index (χ1n) is 6.34. The maximum Gasteiger partial charge on any atom is 0.331 e. The van der Waals surface area contributed by atoms with Gasteiger partial charge in [-0.3, -0.25) is 0 Å². The predicted octanol–water partition coefficient (Wildman–Crippen LogP) is 0.923. The summed E-state index contributed by atoms with van der Waals surface area (Å²) in [6.07, 6.45) is -1.17. The van der Waals surface area contributed by atoms with Crippen LogP contribution in [0.4, 0.5) is 4.79 Å². The molecule has 0 fully saturated rings. The van der Waals surface area contributed by atoms with Gasteiger partial charge in [-0.15, -0.1) is 0 Å². The Balaban J connectivity index is 2.92. The van der Waals surface area contributed by atoms with Crippen LogP contribution >= 0.6 is 0 Å². The van der Waals surface area contributed by atoms with Gasteiger partial charge in [-0.1, -0.05) is 30.3 Å². The molecule has 0 bridgehead atoms. The first-order chi connectivity index (χ1) is 9.47. The molecule has 1 aromatic rings. The zero-order chi connectivity index (χ0) is 15.1. The van der Waals surface area contributed by atoms with E-state index in [0.29, 0.717) is 5.56 Å². The van der Waals surface area contributed by atoms with Crippen LogP contribution in [0.3, 0.4) is 0 Å². The van der Waals surface area contributed by atoms with E-state index < -0.39 is 24.1 Å². The summed E-state index contributed by atoms with van der Waals surface area (Å²) in [7, 11) is 3.10. The molecule has 1 aromatic carbocycles. The van der Waals surface area contributed by atoms with Gasteiger partial charge >= 0.3 is 12.0 Å². The van der Waals surface area contributed by atoms with Crippen molar-refractivity contribution >= 4 is 12.0 Å². The second kappa shape index (κ2) is 7.49. The third kappa shape index (κ3) is 4.24. The lowest BCUT2D eigenvalue weighted by Crippen LogP contribution is -2.49. The van der Waals surface area contributed by atoms with E-state index in [1.165, 1.54) is 4.90 Å². The number of aliphatic hydroxyl groups is 1. The molecule has 1 rings (SSSR count). The van der Waals surface area contributed by atoms with Crippen LogP contribution in [0.2, 0.25) is 0 Å². The number of esters is 1. The summed E-state index contributed by atoms with van der Waals surface area (Å²) in [6.45, 7) is 1.84. The average Bonchev–Trinajstić information content (AvgIpc) is 2.44. The van der Waals surface area contributed by atoms with Gasteiger partial charge in [0.1, 0.15) is 6.10 Å². The van der Waals surface area contributed by atoms with E-state index in [0.717, 1.165) is 0 Å². The standard InChI is InChI=1S/C14H20N2O4/c1-4-20-13(18)11(15-14(19)16(2)3)12(17)10-8-6-5-7-9-10/h5-9,11-12,17H,4H2,1-3H3,(H,15,19). The summed E-state index contributed by atoms with van der Waals surface area (Å²) >= 11 is 0. The molecule has 0 radical (unpaired) electrons. The van der Waals surface area contributed by atoms with Crippen molar-refractivity contribution in [2.45, 2.75) is 19.1 Å². The molecule has 6 heteroatoms. The summed E-state index contributed by atoms with van der Waals surface area (Å²) in [5.41, 5.74) is 0.532. The van der Waals surface area contributed by atoms with Crippen LogP contribution in [-0.4, -0.2) is 48.8 Å². The molecule has 2 N–H and O–H groups in total. The summed E-state index contributed by atoms with van der Waals surface area (Å²) in [5, 5.41) is 12.7. The molecule has 20 heavy (non-hydrogen) atoms. The molecule has 0 aromatic heterocycles. The van der Waals surface area contributed by atoms with E-state index in [1.807, 2.05) is 0 Å². The van der Waals surface area contributed by atoms with Gasteiger partial charge < -0.3 is 20.1 Å². The number of carbonyl (C=O) groups is 2. The Bertz CT molecular complexity index is 448. The van der Waals surface area contributed by atoms with Gasteiger partial charge in [-0.05, 0) is 12.5 Å². The highest BCUT2D eigenvalue weighted by atomic mass is 16.5. The number of rotatable bonds is 5. The monoisotopic (exact) mass is 280 g/mol. The van der Waals surface area contributed by atoms with Gasteiger partial charge in [0.2, 0.25) is 0 Å². The number of amides is 2. The fraction of sp³-hybridized carbons (Fsp3) is 0.429. The topological polar surface area (TPSA) is 78.9 Å². The lowest BCUT2D eigenvalue weighted by atomic mass is 10.0. The number of hydrogen-bond donors (Lipinski definition) is 2. The zero-order valence-electron chi connectivity index (χ0n) is 11.9. The zero-order valence-corrected chi connectivity index (χ0v) is 11.9. The number of benzene rings is 1. The molecular formula is C14H20N2O4. The van der Waals surface area contributed by atoms with Crippen LogP contribution < -0.4 is 5.32 Å². The van der Waals surface area contributed by atoms with E-state index in [-0.39, 0.29) is 6.61 Å². The number of carbonyl (C=O) groups excluding carboxylic acids is 2. The number of ether oxygens (including phenoxy) is 1. The van der Waals surface area contributed by atoms with Gasteiger partial charge in [-0.25, -0.2) is 9.59 Å². The second-order valence-corrected chi connectivity index (χ2v) is 4.43. The smallest absolute Gasteiger partial charge is 0.331 e. The molecule has 6 nitrogen and oxygen atoms in total. The summed E-state index contributed by atoms with van der Waals surface area (Å²) < 4.78 is 4.90. The highest BCUT2D eigenvalue weighted by molar-refractivity contribution is 5.84. The minimum absolute atomic E-state index is 0.175. The van der Waals surface area contributed by atoms with Crippen molar-refractivity contribution in [3.05, 3.63) is 35.9 Å². The Morgan fingerprint density at radius 3 is 2.40 bits per heavy atom. The quantitative estimate of drug-likeness (QED) is 0.786. The average molecular weight is 280 g/mol. The summed E-state index contributed by atoms with van der Waals surface area (Å²) in [4.78, 5) is 24.9. The predicted molar refractivity (Wildman–Crippen MR) is 74.0 cm³/mol. The summed E-state index contributed by atoms with van der Waals surface area (Å²) in [5.74, 6) is -0.668. The SMILES string of the molecule is CCOC(=O)C(NC(=O)N(C)C)C(O)c1ccccc1. The maximum absolute atomic E-state index is 11.9. The van der Waals surface area contributed by atoms with Gasteiger partial charge in [-0.2, -0.15) is 0 Å². The van der Waals surface area contributed by atoms with Crippen molar-refractivity contribution in [2.24, 2.45) is 0 Å². The molecule has 0 aliphatic heterocycles. The number of nitrogens with zero attached hydrogens (tertiary/aromatic N) is 1. The van der Waals surface area contributed by atoms with Crippen LogP contribution in [0.1, 0.15) is 18.6 Å².